The van der Waals surface area contributed by atoms with Crippen LogP contribution in [-0.4, -0.2) is 5.78 Å². The van der Waals surface area contributed by atoms with Gasteiger partial charge in [-0.2, -0.15) is 0 Å². The zero-order valence-electron chi connectivity index (χ0n) is 9.93. The Hall–Kier alpha value is -0.530. The third-order valence-electron chi connectivity index (χ3n) is 3.70. The van der Waals surface area contributed by atoms with E-state index >= 15 is 0 Å². The number of Topliss-reactive ketones (excluding diaryl/α,β-unsaturated/α-hetero) is 1. The molecule has 1 aliphatic rings. The van der Waals surface area contributed by atoms with Crippen LogP contribution in [0, 0.1) is 5.41 Å². The fourth-order valence-electron chi connectivity index (χ4n) is 2.56. The first kappa shape index (κ1) is 12.9. The molecule has 0 radical (unpaired) electrons. The lowest BCUT2D eigenvalue weighted by molar-refractivity contribution is 0.0750. The van der Waals surface area contributed by atoms with Crippen LogP contribution in [0.5, 0.6) is 0 Å². The number of benzene rings is 1. The van der Waals surface area contributed by atoms with Crippen LogP contribution in [0.2, 0.25) is 10.0 Å². The van der Waals surface area contributed by atoms with Gasteiger partial charge in [0.25, 0.3) is 0 Å². The summed E-state index contributed by atoms with van der Waals surface area (Å²) < 4.78 is 0. The molecule has 0 aromatic heterocycles. The van der Waals surface area contributed by atoms with Crippen LogP contribution in [0.4, 0.5) is 0 Å². The number of ketones is 1. The average molecular weight is 271 g/mol. The first-order valence-electron chi connectivity index (χ1n) is 6.03. The second-order valence-electron chi connectivity index (χ2n) is 5.05. The van der Waals surface area contributed by atoms with Crippen LogP contribution in [0.25, 0.3) is 0 Å². The second kappa shape index (κ2) is 4.99. The van der Waals surface area contributed by atoms with Crippen LogP contribution in [0.1, 0.15) is 49.4 Å². The van der Waals surface area contributed by atoms with Gasteiger partial charge in [0.2, 0.25) is 0 Å². The maximum atomic E-state index is 12.6. The van der Waals surface area contributed by atoms with E-state index in [9.17, 15) is 4.79 Å². The lowest BCUT2D eigenvalue weighted by Crippen LogP contribution is -2.30. The number of carbonyl (C=O) groups is 1. The number of rotatable bonds is 2. The molecule has 3 heteroatoms. The van der Waals surface area contributed by atoms with Crippen molar-refractivity contribution in [2.45, 2.75) is 39.0 Å². The third-order valence-corrected chi connectivity index (χ3v) is 4.52. The van der Waals surface area contributed by atoms with Crippen molar-refractivity contribution in [1.29, 1.82) is 0 Å². The van der Waals surface area contributed by atoms with Crippen molar-refractivity contribution in [1.82, 2.24) is 0 Å². The highest BCUT2D eigenvalue weighted by molar-refractivity contribution is 6.44. The predicted molar refractivity (Wildman–Crippen MR) is 72.0 cm³/mol. The Kier molecular flexibility index (Phi) is 3.79. The summed E-state index contributed by atoms with van der Waals surface area (Å²) in [5.41, 5.74) is 0.315. The zero-order valence-corrected chi connectivity index (χ0v) is 11.4. The summed E-state index contributed by atoms with van der Waals surface area (Å²) in [6.45, 7) is 2.05. The lowest BCUT2D eigenvalue weighted by atomic mass is 9.71. The monoisotopic (exact) mass is 270 g/mol. The van der Waals surface area contributed by atoms with Crippen LogP contribution >= 0.6 is 23.2 Å². The largest absolute Gasteiger partial charge is 0.294 e. The smallest absolute Gasteiger partial charge is 0.170 e. The fraction of sp³-hybridized carbons (Fsp3) is 0.500. The molecule has 1 saturated carbocycles. The standard InChI is InChI=1S/C14H16Cl2O/c1-14(8-3-2-4-9-14)13(17)10-6-5-7-11(15)12(10)16/h5-7H,2-4,8-9H2,1H3. The van der Waals surface area contributed by atoms with Crippen LogP contribution in [-0.2, 0) is 0 Å². The first-order valence-corrected chi connectivity index (χ1v) is 6.79. The fourth-order valence-corrected chi connectivity index (χ4v) is 2.95. The van der Waals surface area contributed by atoms with Crippen molar-refractivity contribution < 1.29 is 4.79 Å². The molecule has 0 aliphatic heterocycles. The van der Waals surface area contributed by atoms with Gasteiger partial charge >= 0.3 is 0 Å². The van der Waals surface area contributed by atoms with E-state index < -0.39 is 0 Å². The van der Waals surface area contributed by atoms with Gasteiger partial charge in [0.05, 0.1) is 10.0 Å². The SMILES string of the molecule is CC1(C(=O)c2cccc(Cl)c2Cl)CCCCC1. The molecule has 1 nitrogen and oxygen atoms in total. The molecule has 1 aromatic carbocycles. The summed E-state index contributed by atoms with van der Waals surface area (Å²) in [6, 6.07) is 5.27. The zero-order chi connectivity index (χ0) is 12.5. The summed E-state index contributed by atoms with van der Waals surface area (Å²) in [6.07, 6.45) is 5.39. The molecule has 17 heavy (non-hydrogen) atoms. The predicted octanol–water partition coefficient (Wildman–Crippen LogP) is 5.15. The maximum Gasteiger partial charge on any atom is 0.170 e. The molecule has 0 unspecified atom stereocenters. The van der Waals surface area contributed by atoms with E-state index in [0.29, 0.717) is 15.6 Å². The molecule has 2 rings (SSSR count). The first-order chi connectivity index (χ1) is 8.04. The molecule has 0 atom stereocenters. The molecule has 0 bridgehead atoms. The lowest BCUT2D eigenvalue weighted by Gasteiger charge is -2.32. The molecule has 0 N–H and O–H groups in total. The quantitative estimate of drug-likeness (QED) is 0.680. The number of hydrogen-bond donors (Lipinski definition) is 0. The van der Waals surface area contributed by atoms with Crippen molar-refractivity contribution in [3.8, 4) is 0 Å². The molecule has 0 amide bonds. The van der Waals surface area contributed by atoms with Gasteiger partial charge in [-0.3, -0.25) is 4.79 Å². The van der Waals surface area contributed by atoms with Gasteiger partial charge < -0.3 is 0 Å². The summed E-state index contributed by atoms with van der Waals surface area (Å²) in [4.78, 5) is 12.6. The highest BCUT2D eigenvalue weighted by Crippen LogP contribution is 2.40. The highest BCUT2D eigenvalue weighted by Gasteiger charge is 2.36. The van der Waals surface area contributed by atoms with Crippen LogP contribution < -0.4 is 0 Å². The van der Waals surface area contributed by atoms with Crippen LogP contribution in [0.3, 0.4) is 0 Å². The van der Waals surface area contributed by atoms with E-state index in [1.807, 2.05) is 6.92 Å². The van der Waals surface area contributed by atoms with Gasteiger partial charge in [-0.1, -0.05) is 55.5 Å². The van der Waals surface area contributed by atoms with Crippen molar-refractivity contribution in [2.75, 3.05) is 0 Å². The Morgan fingerprint density at radius 2 is 1.82 bits per heavy atom. The Bertz CT molecular complexity index is 434. The van der Waals surface area contributed by atoms with Gasteiger partial charge in [0.1, 0.15) is 0 Å². The summed E-state index contributed by atoms with van der Waals surface area (Å²) in [7, 11) is 0. The highest BCUT2D eigenvalue weighted by atomic mass is 35.5. The van der Waals surface area contributed by atoms with Crippen molar-refractivity contribution in [3.05, 3.63) is 33.8 Å². The molecule has 0 spiro atoms. The summed E-state index contributed by atoms with van der Waals surface area (Å²) >= 11 is 12.1. The minimum Gasteiger partial charge on any atom is -0.294 e. The van der Waals surface area contributed by atoms with Gasteiger partial charge in [0, 0.05) is 11.0 Å². The van der Waals surface area contributed by atoms with E-state index in [0.717, 1.165) is 25.7 Å². The molecule has 0 heterocycles. The van der Waals surface area contributed by atoms with E-state index in [1.165, 1.54) is 6.42 Å². The van der Waals surface area contributed by atoms with E-state index in [4.69, 9.17) is 23.2 Å². The maximum absolute atomic E-state index is 12.6. The average Bonchev–Trinajstić information content (AvgIpc) is 2.33. The Balaban J connectivity index is 2.33. The molecule has 1 aliphatic carbocycles. The van der Waals surface area contributed by atoms with Gasteiger partial charge in [-0.15, -0.1) is 0 Å². The number of carbonyl (C=O) groups excluding carboxylic acids is 1. The minimum absolute atomic E-state index is 0.143. The van der Waals surface area contributed by atoms with E-state index in [1.54, 1.807) is 18.2 Å². The second-order valence-corrected chi connectivity index (χ2v) is 5.84. The Labute approximate surface area is 112 Å². The van der Waals surface area contributed by atoms with E-state index in [2.05, 4.69) is 0 Å². The molecule has 0 saturated heterocycles. The normalized spacial score (nSPS) is 19.0. The van der Waals surface area contributed by atoms with Gasteiger partial charge in [-0.25, -0.2) is 0 Å². The van der Waals surface area contributed by atoms with Gasteiger partial charge in [-0.05, 0) is 25.0 Å². The third kappa shape index (κ3) is 2.51. The Morgan fingerprint density at radius 3 is 2.47 bits per heavy atom. The molecule has 1 aromatic rings. The van der Waals surface area contributed by atoms with Crippen molar-refractivity contribution in [2.24, 2.45) is 5.41 Å². The number of hydrogen-bond acceptors (Lipinski definition) is 1. The summed E-state index contributed by atoms with van der Waals surface area (Å²) in [5, 5.41) is 0.850. The van der Waals surface area contributed by atoms with Gasteiger partial charge in [0.15, 0.2) is 5.78 Å². The summed E-state index contributed by atoms with van der Waals surface area (Å²) in [5.74, 6) is 0.143. The molecular formula is C14H16Cl2O. The number of halogens is 2. The molecule has 92 valence electrons. The minimum atomic E-state index is -0.257. The Morgan fingerprint density at radius 1 is 1.18 bits per heavy atom. The van der Waals surface area contributed by atoms with Crippen molar-refractivity contribution >= 4 is 29.0 Å². The topological polar surface area (TPSA) is 17.1 Å². The van der Waals surface area contributed by atoms with Crippen molar-refractivity contribution in [3.63, 3.8) is 0 Å². The molecule has 1 fully saturated rings. The van der Waals surface area contributed by atoms with E-state index in [-0.39, 0.29) is 11.2 Å². The van der Waals surface area contributed by atoms with Crippen LogP contribution in [0.15, 0.2) is 18.2 Å². The molecular weight excluding hydrogens is 255 g/mol.